The van der Waals surface area contributed by atoms with Crippen molar-refractivity contribution < 1.29 is 0 Å². The van der Waals surface area contributed by atoms with Crippen LogP contribution < -0.4 is 0 Å². The highest BCUT2D eigenvalue weighted by Gasteiger charge is 2.49. The molecule has 22 rings (SSSR count). The molecule has 0 aliphatic heterocycles. The molecule has 9 nitrogen and oxygen atoms in total. The molecule has 3 aliphatic carbocycles. The van der Waals surface area contributed by atoms with Gasteiger partial charge in [0, 0.05) is 50.1 Å². The Morgan fingerprint density at radius 3 is 0.720 bits per heavy atom. The van der Waals surface area contributed by atoms with E-state index in [9.17, 15) is 0 Å². The third kappa shape index (κ3) is 15.3. The van der Waals surface area contributed by atoms with E-state index in [4.69, 9.17) is 44.9 Å². The van der Waals surface area contributed by atoms with Crippen molar-refractivity contribution in [3.63, 3.8) is 0 Å². The number of rotatable bonds is 13. The normalized spacial score (nSPS) is 14.4. The van der Waals surface area contributed by atoms with Crippen molar-refractivity contribution in [1.82, 2.24) is 44.9 Å². The molecule has 3 aliphatic rings. The van der Waals surface area contributed by atoms with Gasteiger partial charge >= 0.3 is 0 Å². The zero-order valence-electron chi connectivity index (χ0n) is 76.7. The van der Waals surface area contributed by atoms with E-state index in [1.165, 1.54) is 89.0 Å². The van der Waals surface area contributed by atoms with Crippen LogP contribution in [-0.4, -0.2) is 44.9 Å². The number of fused-ring (bicyclic) bond motifs is 9. The van der Waals surface area contributed by atoms with Gasteiger partial charge in [0.25, 0.3) is 0 Å². The second-order valence-corrected chi connectivity index (χ2v) is 38.0. The van der Waals surface area contributed by atoms with Gasteiger partial charge in [0.15, 0.2) is 52.4 Å². The number of aromatic nitrogens is 9. The lowest BCUT2D eigenvalue weighted by Crippen LogP contribution is -2.43. The SMILES string of the molecule is CC1(C)c2ccccc2-c2c(-c3ccccc3-c3cccc(-c4nc(-c5ccccc5)nc(-c5ccccc5)n4)c3)cccc2C1(C)C.CC1(C)c2ccccc2-c2cc(-c3cccc(-c4nc(-c5ccccc5)nc(-c5ccccc5)n4)c3)ccc2C1(C)C.CC1(C)c2ccccc2-c2cc(-c3ccccc3-c3nc(-c4ccccc4)nc(-c4ccccc4)n3)ccc2C1(C)C. The van der Waals surface area contributed by atoms with Gasteiger partial charge in [-0.05, 0) is 168 Å². The summed E-state index contributed by atoms with van der Waals surface area (Å²) in [6, 6.07) is 143. The summed E-state index contributed by atoms with van der Waals surface area (Å²) in [4.78, 5) is 44.6. The summed E-state index contributed by atoms with van der Waals surface area (Å²) in [6.07, 6.45) is 0. The van der Waals surface area contributed by atoms with Crippen LogP contribution in [0, 0.1) is 0 Å². The van der Waals surface area contributed by atoms with Crippen LogP contribution in [0.2, 0.25) is 0 Å². The van der Waals surface area contributed by atoms with E-state index < -0.39 is 0 Å². The Morgan fingerprint density at radius 1 is 0.121 bits per heavy atom. The molecule has 0 saturated heterocycles. The Balaban J connectivity index is 0.000000124. The number of benzene rings is 16. The quantitative estimate of drug-likeness (QED) is 0.111. The third-order valence-electron chi connectivity index (χ3n) is 29.1. The molecule has 0 atom stereocenters. The first-order chi connectivity index (χ1) is 64.0. The van der Waals surface area contributed by atoms with Gasteiger partial charge in [-0.25, -0.2) is 44.9 Å². The Bertz CT molecular complexity index is 7380. The smallest absolute Gasteiger partial charge is 0.164 e. The van der Waals surface area contributed by atoms with Gasteiger partial charge in [0.05, 0.1) is 0 Å². The van der Waals surface area contributed by atoms with Crippen LogP contribution in [0.4, 0.5) is 0 Å². The predicted octanol–water partition coefficient (Wildman–Crippen LogP) is 31.0. The third-order valence-corrected chi connectivity index (χ3v) is 29.1. The average Bonchev–Trinajstić information content (AvgIpc) is 0.720. The van der Waals surface area contributed by atoms with Crippen molar-refractivity contribution in [3.8, 4) is 180 Å². The van der Waals surface area contributed by atoms with Crippen molar-refractivity contribution in [3.05, 3.63) is 440 Å². The van der Waals surface area contributed by atoms with Crippen LogP contribution >= 0.6 is 0 Å². The van der Waals surface area contributed by atoms with Gasteiger partial charge in [-0.2, -0.15) is 0 Å². The lowest BCUT2D eigenvalue weighted by atomic mass is 9.55. The van der Waals surface area contributed by atoms with Crippen LogP contribution in [0.25, 0.3) is 180 Å². The van der Waals surface area contributed by atoms with Crippen molar-refractivity contribution in [2.75, 3.05) is 0 Å². The molecule has 0 fully saturated rings. The van der Waals surface area contributed by atoms with Crippen molar-refractivity contribution in [2.45, 2.75) is 116 Å². The van der Waals surface area contributed by atoms with E-state index >= 15 is 0 Å². The van der Waals surface area contributed by atoms with E-state index in [2.05, 4.69) is 308 Å². The van der Waals surface area contributed by atoms with Crippen molar-refractivity contribution >= 4 is 0 Å². The first kappa shape index (κ1) is 84.7. The molecule has 0 unspecified atom stereocenters. The second kappa shape index (κ2) is 34.2. The highest BCUT2D eigenvalue weighted by atomic mass is 15.1. The minimum atomic E-state index is -0.0623. The first-order valence-corrected chi connectivity index (χ1v) is 45.7. The number of nitrogens with zero attached hydrogens (tertiary/aromatic N) is 9. The van der Waals surface area contributed by atoms with Gasteiger partial charge in [-0.15, -0.1) is 0 Å². The largest absolute Gasteiger partial charge is 0.208 e. The summed E-state index contributed by atoms with van der Waals surface area (Å²) in [6.45, 7) is 28.5. The predicted molar refractivity (Wildman–Crippen MR) is 545 cm³/mol. The molecule has 0 bridgehead atoms. The van der Waals surface area contributed by atoms with E-state index in [1.54, 1.807) is 0 Å². The first-order valence-electron chi connectivity index (χ1n) is 45.7. The Labute approximate surface area is 775 Å². The maximum absolute atomic E-state index is 5.03. The monoisotopic (exact) mass is 1710 g/mol. The van der Waals surface area contributed by atoms with Gasteiger partial charge in [0.2, 0.25) is 0 Å². The summed E-state index contributed by atoms with van der Waals surface area (Å²) in [5, 5.41) is 0. The molecule has 19 aromatic rings. The zero-order chi connectivity index (χ0) is 90.7. The van der Waals surface area contributed by atoms with E-state index in [-0.39, 0.29) is 32.5 Å². The Morgan fingerprint density at radius 2 is 0.333 bits per heavy atom. The molecular weight excluding hydrogens is 1600 g/mol. The standard InChI is InChI=1S/C45H37N3.2C39H33N3/c1-44(2)38-27-14-13-25-37(38)40-36(26-16-28-39(40)45(44,3)4)35-24-12-11-23-34(35)32-21-15-22-33(29-32)43-47-41(30-17-7-5-8-18-30)46-42(48-43)31-19-9-6-10-20-31;1-38(2)33-22-14-13-20-30(33)32-25-28(23-24-34(32)39(38,3)4)29-19-11-12-21-31(29)37-41-35(26-15-7-5-8-16-26)40-36(42-37)27-17-9-6-10-18-27;1-38(2)33-21-12-11-20-31(33)32-25-29(22-23-34(32)39(38,3)4)28-18-13-19-30(24-28)37-41-35(26-14-7-5-8-15-26)40-36(42-37)27-16-9-6-10-17-27/h5-29H,1-4H3;2*5-25H,1-4H3. The van der Waals surface area contributed by atoms with Crippen molar-refractivity contribution in [1.29, 1.82) is 0 Å². The molecule has 0 amide bonds. The molecule has 0 saturated carbocycles. The van der Waals surface area contributed by atoms with Crippen LogP contribution in [0.5, 0.6) is 0 Å². The molecular formula is C123H103N9. The van der Waals surface area contributed by atoms with Crippen LogP contribution in [-0.2, 0) is 32.5 Å². The molecule has 9 heteroatoms. The molecule has 3 heterocycles. The maximum atomic E-state index is 5.03. The molecule has 16 aromatic carbocycles. The lowest BCUT2D eigenvalue weighted by molar-refractivity contribution is 0.299. The minimum absolute atomic E-state index is 0.00255. The highest BCUT2D eigenvalue weighted by Crippen LogP contribution is 2.59. The zero-order valence-corrected chi connectivity index (χ0v) is 76.7. The summed E-state index contributed by atoms with van der Waals surface area (Å²) in [5.41, 5.74) is 34.2. The minimum Gasteiger partial charge on any atom is -0.208 e. The summed E-state index contributed by atoms with van der Waals surface area (Å²) in [7, 11) is 0. The van der Waals surface area contributed by atoms with E-state index in [0.717, 1.165) is 72.3 Å². The van der Waals surface area contributed by atoms with E-state index in [1.807, 2.05) is 182 Å². The fourth-order valence-electron chi connectivity index (χ4n) is 19.7. The van der Waals surface area contributed by atoms with Crippen LogP contribution in [0.15, 0.2) is 406 Å². The van der Waals surface area contributed by atoms with Gasteiger partial charge in [-0.1, -0.05) is 465 Å². The number of hydrogen-bond donors (Lipinski definition) is 0. The van der Waals surface area contributed by atoms with Gasteiger partial charge < -0.3 is 0 Å². The van der Waals surface area contributed by atoms with Gasteiger partial charge in [-0.3, -0.25) is 0 Å². The highest BCUT2D eigenvalue weighted by molar-refractivity contribution is 5.97. The van der Waals surface area contributed by atoms with E-state index in [0.29, 0.717) is 52.4 Å². The van der Waals surface area contributed by atoms with Gasteiger partial charge in [0.1, 0.15) is 0 Å². The lowest BCUT2D eigenvalue weighted by Gasteiger charge is -2.48. The molecule has 132 heavy (non-hydrogen) atoms. The maximum Gasteiger partial charge on any atom is 0.164 e. The molecule has 3 aromatic heterocycles. The van der Waals surface area contributed by atoms with Crippen LogP contribution in [0.3, 0.4) is 0 Å². The molecule has 0 spiro atoms. The summed E-state index contributed by atoms with van der Waals surface area (Å²) >= 11 is 0. The average molecular weight is 1710 g/mol. The Hall–Kier alpha value is -15.5. The molecule has 0 radical (unpaired) electrons. The summed E-state index contributed by atoms with van der Waals surface area (Å²) < 4.78 is 0. The summed E-state index contributed by atoms with van der Waals surface area (Å²) in [5.74, 6) is 5.96. The second-order valence-electron chi connectivity index (χ2n) is 38.0. The molecule has 0 N–H and O–H groups in total. The van der Waals surface area contributed by atoms with Crippen LogP contribution in [0.1, 0.15) is 116 Å². The molecule has 640 valence electrons. The fraction of sp³-hybridized carbons (Fsp3) is 0.146. The van der Waals surface area contributed by atoms with Crippen molar-refractivity contribution in [2.24, 2.45) is 0 Å². The Kier molecular flexibility index (Phi) is 21.9. The topological polar surface area (TPSA) is 116 Å². The fourth-order valence-corrected chi connectivity index (χ4v) is 19.7. The number of hydrogen-bond acceptors (Lipinski definition) is 9.